The Balaban J connectivity index is 8.73. The third-order valence-corrected chi connectivity index (χ3v) is 7.61. The Hall–Kier alpha value is -1.38. The van der Waals surface area contributed by atoms with Crippen LogP contribution in [0.3, 0.4) is 0 Å². The molecule has 0 aromatic rings. The van der Waals surface area contributed by atoms with E-state index in [2.05, 4.69) is 0 Å². The van der Waals surface area contributed by atoms with E-state index in [1.807, 2.05) is 41.5 Å². The number of carboxylic acids is 2. The fourth-order valence-corrected chi connectivity index (χ4v) is 5.47. The van der Waals surface area contributed by atoms with E-state index in [0.717, 1.165) is 0 Å². The van der Waals surface area contributed by atoms with Crippen LogP contribution in [0.1, 0.15) is 113 Å². The molecule has 0 amide bonds. The number of methoxy groups -OCH3 is 2. The summed E-state index contributed by atoms with van der Waals surface area (Å²) in [5.41, 5.74) is -2.40. The highest BCUT2D eigenvalue weighted by atomic mass is 16.8. The standard InChI is InChI=1S/C32H62O12/c1-11-20-39-28(7,37-9)31(41-22-13-3,42-23-14-4)30(27(35)36,19-17-18-26(33)34)32(43-24-15-5,44-25-16-6)29(8,38-10)40-21-12-2/h11-25H2,1-10H3,(H,33,34)(H,35,36). The Labute approximate surface area is 265 Å². The SMILES string of the molecule is CCCOC(C)(OC)C(OCCC)(OCCC)C(CCCC(=O)O)(C(=O)O)C(OCCC)(OCCC)C(C)(OC)OCCC. The summed E-state index contributed by atoms with van der Waals surface area (Å²) >= 11 is 0. The molecule has 0 saturated carbocycles. The number of ether oxygens (including phenoxy) is 8. The van der Waals surface area contributed by atoms with Crippen molar-refractivity contribution in [3.63, 3.8) is 0 Å². The molecular formula is C32H62O12. The molecule has 0 spiro atoms. The van der Waals surface area contributed by atoms with E-state index in [0.29, 0.717) is 38.5 Å². The van der Waals surface area contributed by atoms with Crippen LogP contribution in [0.4, 0.5) is 0 Å². The lowest BCUT2D eigenvalue weighted by atomic mass is 9.62. The molecule has 2 atom stereocenters. The molecule has 2 unspecified atom stereocenters. The van der Waals surface area contributed by atoms with Gasteiger partial charge >= 0.3 is 11.9 Å². The van der Waals surface area contributed by atoms with Crippen LogP contribution in [0.25, 0.3) is 0 Å². The van der Waals surface area contributed by atoms with Gasteiger partial charge in [-0.25, -0.2) is 0 Å². The molecule has 0 aromatic heterocycles. The van der Waals surface area contributed by atoms with Gasteiger partial charge in [-0.15, -0.1) is 0 Å². The number of aliphatic carboxylic acids is 2. The van der Waals surface area contributed by atoms with Crippen molar-refractivity contribution < 1.29 is 57.7 Å². The average molecular weight is 639 g/mol. The van der Waals surface area contributed by atoms with E-state index in [1.54, 1.807) is 13.8 Å². The van der Waals surface area contributed by atoms with E-state index in [4.69, 9.17) is 37.9 Å². The molecule has 2 N–H and O–H groups in total. The minimum absolute atomic E-state index is 0.0449. The second kappa shape index (κ2) is 20.7. The van der Waals surface area contributed by atoms with Gasteiger partial charge in [-0.2, -0.15) is 0 Å². The Kier molecular flexibility index (Phi) is 20.0. The Morgan fingerprint density at radius 1 is 0.545 bits per heavy atom. The zero-order valence-corrected chi connectivity index (χ0v) is 29.1. The number of hydrogen-bond acceptors (Lipinski definition) is 10. The van der Waals surface area contributed by atoms with Crippen LogP contribution in [-0.2, 0) is 47.5 Å². The monoisotopic (exact) mass is 638 g/mol. The quantitative estimate of drug-likeness (QED) is 0.0927. The first-order chi connectivity index (χ1) is 20.8. The molecule has 0 aliphatic carbocycles. The fourth-order valence-electron chi connectivity index (χ4n) is 5.47. The second-order valence-electron chi connectivity index (χ2n) is 11.1. The minimum atomic E-state index is -2.40. The van der Waals surface area contributed by atoms with Crippen molar-refractivity contribution >= 4 is 11.9 Å². The molecule has 0 heterocycles. The number of hydrogen-bond donors (Lipinski definition) is 2. The lowest BCUT2D eigenvalue weighted by Crippen LogP contribution is -2.82. The predicted molar refractivity (Wildman–Crippen MR) is 165 cm³/mol. The second-order valence-corrected chi connectivity index (χ2v) is 11.1. The molecule has 12 nitrogen and oxygen atoms in total. The predicted octanol–water partition coefficient (Wildman–Crippen LogP) is 5.99. The van der Waals surface area contributed by atoms with Crippen LogP contribution in [0, 0.1) is 5.41 Å². The Bertz CT molecular complexity index is 744. The summed E-state index contributed by atoms with van der Waals surface area (Å²) < 4.78 is 51.5. The topological polar surface area (TPSA) is 148 Å². The molecule has 0 aliphatic rings. The van der Waals surface area contributed by atoms with Gasteiger partial charge in [0.2, 0.25) is 23.1 Å². The van der Waals surface area contributed by atoms with Gasteiger partial charge in [0.1, 0.15) is 0 Å². The zero-order valence-electron chi connectivity index (χ0n) is 29.1. The number of rotatable bonds is 29. The molecule has 0 fully saturated rings. The van der Waals surface area contributed by atoms with Gasteiger partial charge in [-0.1, -0.05) is 41.5 Å². The maximum atomic E-state index is 14.4. The molecule has 262 valence electrons. The van der Waals surface area contributed by atoms with E-state index in [-0.39, 0.29) is 58.9 Å². The van der Waals surface area contributed by atoms with Gasteiger partial charge in [0.15, 0.2) is 5.41 Å². The summed E-state index contributed by atoms with van der Waals surface area (Å²) in [5.74, 6) is -10.8. The van der Waals surface area contributed by atoms with Crippen molar-refractivity contribution in [2.24, 2.45) is 5.41 Å². The first-order valence-electron chi connectivity index (χ1n) is 16.2. The highest BCUT2D eigenvalue weighted by molar-refractivity contribution is 5.78. The van der Waals surface area contributed by atoms with Gasteiger partial charge < -0.3 is 48.1 Å². The van der Waals surface area contributed by atoms with Crippen molar-refractivity contribution in [3.05, 3.63) is 0 Å². The molecule has 12 heteroatoms. The number of carbonyl (C=O) groups is 2. The van der Waals surface area contributed by atoms with Gasteiger partial charge in [0.05, 0.1) is 26.4 Å². The van der Waals surface area contributed by atoms with Crippen LogP contribution in [0.15, 0.2) is 0 Å². The van der Waals surface area contributed by atoms with Gasteiger partial charge in [0.25, 0.3) is 0 Å². The molecular weight excluding hydrogens is 576 g/mol. The summed E-state index contributed by atoms with van der Waals surface area (Å²) in [5, 5.41) is 21.4. The van der Waals surface area contributed by atoms with Crippen molar-refractivity contribution in [1.29, 1.82) is 0 Å². The zero-order chi connectivity index (χ0) is 33.9. The van der Waals surface area contributed by atoms with Crippen molar-refractivity contribution in [3.8, 4) is 0 Å². The Morgan fingerprint density at radius 3 is 1.07 bits per heavy atom. The third-order valence-electron chi connectivity index (χ3n) is 7.61. The first kappa shape index (κ1) is 42.6. The van der Waals surface area contributed by atoms with Crippen LogP contribution in [-0.4, -0.2) is 99.2 Å². The van der Waals surface area contributed by atoms with Crippen LogP contribution in [0.2, 0.25) is 0 Å². The van der Waals surface area contributed by atoms with Crippen molar-refractivity contribution in [2.45, 2.75) is 136 Å². The van der Waals surface area contributed by atoms with E-state index in [1.165, 1.54) is 14.2 Å². The largest absolute Gasteiger partial charge is 0.481 e. The van der Waals surface area contributed by atoms with Crippen LogP contribution >= 0.6 is 0 Å². The normalized spacial score (nSPS) is 16.7. The molecule has 0 aliphatic heterocycles. The van der Waals surface area contributed by atoms with Gasteiger partial charge in [-0.05, 0) is 65.2 Å². The fraction of sp³-hybridized carbons (Fsp3) is 0.938. The average Bonchev–Trinajstić information content (AvgIpc) is 3.01. The van der Waals surface area contributed by atoms with Crippen molar-refractivity contribution in [1.82, 2.24) is 0 Å². The first-order valence-corrected chi connectivity index (χ1v) is 16.2. The molecule has 44 heavy (non-hydrogen) atoms. The lowest BCUT2D eigenvalue weighted by molar-refractivity contribution is -0.504. The smallest absolute Gasteiger partial charge is 0.321 e. The van der Waals surface area contributed by atoms with Crippen molar-refractivity contribution in [2.75, 3.05) is 53.9 Å². The molecule has 0 saturated heterocycles. The summed E-state index contributed by atoms with van der Waals surface area (Å²) in [6, 6.07) is 0. The Morgan fingerprint density at radius 2 is 0.841 bits per heavy atom. The maximum absolute atomic E-state index is 14.4. The maximum Gasteiger partial charge on any atom is 0.321 e. The molecule has 0 aromatic carbocycles. The number of carboxylic acid groups (broad SMARTS) is 2. The molecule has 0 radical (unpaired) electrons. The molecule has 0 bridgehead atoms. The van der Waals surface area contributed by atoms with Crippen LogP contribution in [0.5, 0.6) is 0 Å². The highest BCUT2D eigenvalue weighted by Crippen LogP contribution is 2.60. The highest BCUT2D eigenvalue weighted by Gasteiger charge is 2.82. The summed E-state index contributed by atoms with van der Waals surface area (Å²) in [4.78, 5) is 26.3. The van der Waals surface area contributed by atoms with E-state index >= 15 is 0 Å². The third kappa shape index (κ3) is 9.12. The molecule has 0 rings (SSSR count). The van der Waals surface area contributed by atoms with Gasteiger partial charge in [-0.3, -0.25) is 9.59 Å². The lowest BCUT2D eigenvalue weighted by Gasteiger charge is -2.62. The minimum Gasteiger partial charge on any atom is -0.481 e. The van der Waals surface area contributed by atoms with Crippen LogP contribution < -0.4 is 0 Å². The van der Waals surface area contributed by atoms with E-state index < -0.39 is 40.5 Å². The van der Waals surface area contributed by atoms with E-state index in [9.17, 15) is 19.8 Å². The summed E-state index contributed by atoms with van der Waals surface area (Å²) in [6.45, 7) is 15.0. The summed E-state index contributed by atoms with van der Waals surface area (Å²) in [6.07, 6.45) is 2.31. The summed E-state index contributed by atoms with van der Waals surface area (Å²) in [7, 11) is 2.78. The van der Waals surface area contributed by atoms with Gasteiger partial charge in [0, 0.05) is 33.9 Å².